The molecule has 1 nitrogen and oxygen atoms in total. The highest BCUT2D eigenvalue weighted by Crippen LogP contribution is 2.65. The van der Waals surface area contributed by atoms with Crippen LogP contribution in [-0.4, -0.2) is 6.61 Å². The molecule has 0 N–H and O–H groups in total. The third-order valence-corrected chi connectivity index (χ3v) is 31.0. The minimum atomic E-state index is 0.627. The van der Waals surface area contributed by atoms with Crippen LogP contribution >= 0.6 is 11.3 Å². The van der Waals surface area contributed by atoms with Gasteiger partial charge in [-0.15, -0.1) is 11.3 Å². The lowest BCUT2D eigenvalue weighted by atomic mass is 9.82. The van der Waals surface area contributed by atoms with Gasteiger partial charge in [-0.05, 0) is 307 Å². The lowest BCUT2D eigenvalue weighted by molar-refractivity contribution is 0.340. The van der Waals surface area contributed by atoms with Gasteiger partial charge < -0.3 is 4.74 Å². The zero-order chi connectivity index (χ0) is 97.4. The van der Waals surface area contributed by atoms with Gasteiger partial charge in [-0.1, -0.05) is 511 Å². The molecular formula is C144H96OS. The Labute approximate surface area is 855 Å². The summed E-state index contributed by atoms with van der Waals surface area (Å²) in [6, 6.07) is 175. The maximum absolute atomic E-state index is 6.00. The van der Waals surface area contributed by atoms with E-state index in [1.54, 1.807) is 0 Å². The summed E-state index contributed by atoms with van der Waals surface area (Å²) in [7, 11) is 0. The van der Waals surface area contributed by atoms with Crippen LogP contribution in [0.4, 0.5) is 0 Å². The van der Waals surface area contributed by atoms with E-state index in [2.05, 4.69) is 510 Å². The number of ether oxygens (including phenoxy) is 1. The van der Waals surface area contributed by atoms with Gasteiger partial charge in [0.05, 0.1) is 6.61 Å². The van der Waals surface area contributed by atoms with E-state index < -0.39 is 0 Å². The molecule has 146 heavy (non-hydrogen) atoms. The molecule has 684 valence electrons. The number of hydrogen-bond acceptors (Lipinski definition) is 2. The fourth-order valence-corrected chi connectivity index (χ4v) is 24.7. The summed E-state index contributed by atoms with van der Waals surface area (Å²) in [5, 5.41) is 19.1. The van der Waals surface area contributed by atoms with Crippen LogP contribution in [0.15, 0.2) is 504 Å². The summed E-state index contributed by atoms with van der Waals surface area (Å²) >= 11 is 1.83. The van der Waals surface area contributed by atoms with Gasteiger partial charge >= 0.3 is 0 Å². The second-order valence-electron chi connectivity index (χ2n) is 37.9. The van der Waals surface area contributed by atoms with E-state index in [9.17, 15) is 0 Å². The number of thiophene rings is 1. The Bertz CT molecular complexity index is 9300. The molecule has 0 amide bonds. The largest absolute Gasteiger partial charge is 0.494 e. The molecule has 0 aliphatic heterocycles. The van der Waals surface area contributed by atoms with Crippen LogP contribution in [0.2, 0.25) is 0 Å². The molecule has 0 atom stereocenters. The van der Waals surface area contributed by atoms with Crippen LogP contribution in [0.25, 0.3) is 294 Å². The van der Waals surface area contributed by atoms with Crippen molar-refractivity contribution in [2.24, 2.45) is 0 Å². The normalized spacial score (nSPS) is 11.7. The second kappa shape index (κ2) is 37.2. The zero-order valence-electron chi connectivity index (χ0n) is 80.7. The van der Waals surface area contributed by atoms with Crippen LogP contribution in [0.3, 0.4) is 0 Å². The second-order valence-corrected chi connectivity index (χ2v) is 38.8. The molecule has 1 heterocycles. The molecule has 25 aromatic rings. The third-order valence-electron chi connectivity index (χ3n) is 30.0. The Morgan fingerprint density at radius 2 is 0.452 bits per heavy atom. The molecule has 0 bridgehead atoms. The lowest BCUT2D eigenvalue weighted by Crippen LogP contribution is -1.93. The monoisotopic (exact) mass is 1870 g/mol. The Morgan fingerprint density at radius 1 is 0.192 bits per heavy atom. The van der Waals surface area contributed by atoms with Crippen molar-refractivity contribution in [3.05, 3.63) is 532 Å². The summed E-state index contributed by atoms with van der Waals surface area (Å²) < 4.78 is 7.31. The van der Waals surface area contributed by atoms with E-state index in [1.807, 2.05) is 42.6 Å². The van der Waals surface area contributed by atoms with Crippen LogP contribution in [-0.2, 0) is 0 Å². The average Bonchev–Trinajstić information content (AvgIpc) is 1.56. The average molecular weight is 1870 g/mol. The third kappa shape index (κ3) is 14.8. The Balaban J connectivity index is 0.000000111. The van der Waals surface area contributed by atoms with Crippen molar-refractivity contribution in [2.75, 3.05) is 6.61 Å². The number of fused-ring (bicyclic) bond motifs is 13. The van der Waals surface area contributed by atoms with Gasteiger partial charge in [0.15, 0.2) is 0 Å². The minimum Gasteiger partial charge on any atom is -0.494 e. The van der Waals surface area contributed by atoms with Crippen LogP contribution in [0.1, 0.15) is 34.7 Å². The fraction of sp³-hybridized carbons (Fsp3) is 0.0139. The molecule has 0 unspecified atom stereocenters. The van der Waals surface area contributed by atoms with E-state index in [1.165, 1.54) is 269 Å². The van der Waals surface area contributed by atoms with Gasteiger partial charge in [-0.3, -0.25) is 0 Å². The quantitative estimate of drug-likeness (QED) is 0.0778. The topological polar surface area (TPSA) is 9.23 Å². The van der Waals surface area contributed by atoms with Crippen LogP contribution in [0.5, 0.6) is 5.75 Å². The molecule has 3 aliphatic carbocycles. The predicted molar refractivity (Wildman–Crippen MR) is 630 cm³/mol. The minimum absolute atomic E-state index is 0.627. The molecular weight excluding hydrogens is 1780 g/mol. The highest BCUT2D eigenvalue weighted by molar-refractivity contribution is 7.17. The molecule has 2 heteroatoms. The SMILES string of the molecule is C=Cc1ccc(-c2ccc3c4c(ccc(-c5cccc(OCC)c5)c24)-c2c-3c(-c3ccccc3)c3ccccc3c2-c2ccccc2)cc1.C=Cc1ccc(-c2ccc3c4c(ccc(-c5csc6ccccc56)c24)-c2c-3c(-c3ccccc3)c3ccccc3c2-c2ccccc2)cc1.C=Cc1ccc(-c2ccc3c4c(ccc(/C=C/c5ccccc5)c24)-c2c-3c(-c3ccccc3)c3ccccc3c2-c2ccccc2)cc1. The fourth-order valence-electron chi connectivity index (χ4n) is 23.7. The van der Waals surface area contributed by atoms with Gasteiger partial charge in [-0.25, -0.2) is 0 Å². The molecule has 0 saturated carbocycles. The van der Waals surface area contributed by atoms with E-state index in [-0.39, 0.29) is 0 Å². The molecule has 1 aromatic heterocycles. The first-order valence-electron chi connectivity index (χ1n) is 50.4. The van der Waals surface area contributed by atoms with E-state index in [0.29, 0.717) is 6.61 Å². The summed E-state index contributed by atoms with van der Waals surface area (Å²) in [5.74, 6) is 0.882. The smallest absolute Gasteiger partial charge is 0.119 e. The summed E-state index contributed by atoms with van der Waals surface area (Å²) in [5.41, 5.74) is 48.7. The summed E-state index contributed by atoms with van der Waals surface area (Å²) in [6.45, 7) is 14.6. The van der Waals surface area contributed by atoms with Gasteiger partial charge in [0.2, 0.25) is 0 Å². The molecule has 28 rings (SSSR count). The highest BCUT2D eigenvalue weighted by Gasteiger charge is 2.38. The molecule has 0 fully saturated rings. The molecule has 0 spiro atoms. The van der Waals surface area contributed by atoms with Crippen molar-refractivity contribution < 1.29 is 4.74 Å². The maximum Gasteiger partial charge on any atom is 0.119 e. The first-order chi connectivity index (χ1) is 72.3. The van der Waals surface area contributed by atoms with Crippen molar-refractivity contribution in [1.82, 2.24) is 0 Å². The summed E-state index contributed by atoms with van der Waals surface area (Å²) in [4.78, 5) is 0. The van der Waals surface area contributed by atoms with E-state index in [4.69, 9.17) is 4.74 Å². The number of rotatable bonds is 18. The van der Waals surface area contributed by atoms with Crippen molar-refractivity contribution in [2.45, 2.75) is 6.92 Å². The Kier molecular flexibility index (Phi) is 22.4. The maximum atomic E-state index is 6.00. The molecule has 3 aliphatic rings. The van der Waals surface area contributed by atoms with Crippen molar-refractivity contribution in [3.8, 4) is 195 Å². The van der Waals surface area contributed by atoms with Crippen molar-refractivity contribution in [3.63, 3.8) is 0 Å². The zero-order valence-corrected chi connectivity index (χ0v) is 81.5. The molecule has 0 radical (unpaired) electrons. The van der Waals surface area contributed by atoms with Crippen molar-refractivity contribution >= 4 is 116 Å². The standard InChI is InChI=1S/C48H34O.C48H30S.C48H32/c1-3-31-22-24-32(25-23-31)37-26-28-41-46-42(29-27-38(45(37)46)35-18-13-19-36(30-35)49-4-2)48-44(34-16-9-6-10-17-34)40-21-12-11-20-39(40)43(47(41)48)33-14-7-5-8-15-33;1-2-30-21-23-31(24-22-30)34-25-27-39-46-40(28-26-38(45(34)46)41-29-49-42-20-12-11-17-35(41)42)48-44(33-15-7-4-8-16-33)37-19-10-9-18-36(37)43(47(39)48)32-13-5-3-6-14-32;1-2-32-22-25-34(26-23-32)38-30-31-42-46-41(29-28-37(43(38)46)27-24-33-14-6-3-7-15-33)47-44(35-16-8-4-9-17-35)39-20-12-13-21-40(39)45(48(42)47)36-18-10-5-11-19-36/h3,5-30H,1,4H2,2H3;2-29H,1H2;2-31H,1H2/b;;27-24+. The number of hydrogen-bond donors (Lipinski definition) is 0. The Hall–Kier alpha value is -18.4. The Morgan fingerprint density at radius 3 is 0.788 bits per heavy atom. The van der Waals surface area contributed by atoms with Gasteiger partial charge in [-0.2, -0.15) is 0 Å². The summed E-state index contributed by atoms with van der Waals surface area (Å²) in [6.07, 6.45) is 10.2. The van der Waals surface area contributed by atoms with Crippen molar-refractivity contribution in [1.29, 1.82) is 0 Å². The molecule has 0 saturated heterocycles. The van der Waals surface area contributed by atoms with E-state index in [0.717, 1.165) is 28.0 Å². The lowest BCUT2D eigenvalue weighted by Gasteiger charge is -2.20. The van der Waals surface area contributed by atoms with Crippen LogP contribution < -0.4 is 4.74 Å². The van der Waals surface area contributed by atoms with Gasteiger partial charge in [0.25, 0.3) is 0 Å². The van der Waals surface area contributed by atoms with Gasteiger partial charge in [0, 0.05) is 15.6 Å². The number of benzene rings is 24. The molecule has 24 aromatic carbocycles. The van der Waals surface area contributed by atoms with Crippen LogP contribution in [0, 0.1) is 0 Å². The first kappa shape index (κ1) is 87.8. The highest BCUT2D eigenvalue weighted by atomic mass is 32.1. The van der Waals surface area contributed by atoms with Gasteiger partial charge in [0.1, 0.15) is 5.75 Å². The van der Waals surface area contributed by atoms with E-state index >= 15 is 0 Å². The first-order valence-corrected chi connectivity index (χ1v) is 51.2. The predicted octanol–water partition coefficient (Wildman–Crippen LogP) is 41.0.